The summed E-state index contributed by atoms with van der Waals surface area (Å²) in [5.74, 6) is 0.139. The van der Waals surface area contributed by atoms with Crippen LogP contribution in [0.15, 0.2) is 29.6 Å². The van der Waals surface area contributed by atoms with Crippen LogP contribution >= 0.6 is 11.3 Å². The molecule has 1 aliphatic carbocycles. The molecule has 3 nitrogen and oxygen atoms in total. The average Bonchev–Trinajstić information content (AvgIpc) is 3.08. The fourth-order valence-electron chi connectivity index (χ4n) is 2.69. The van der Waals surface area contributed by atoms with Crippen LogP contribution in [0, 0.1) is 0 Å². The Morgan fingerprint density at radius 2 is 2.05 bits per heavy atom. The van der Waals surface area contributed by atoms with Crippen molar-refractivity contribution in [2.45, 2.75) is 37.8 Å². The number of nitrogens with two attached hydrogens (primary N) is 1. The average molecular weight is 310 g/mol. The zero-order valence-electron chi connectivity index (χ0n) is 11.4. The largest absolute Gasteiger partial charge is 0.435 e. The van der Waals surface area contributed by atoms with Crippen LogP contribution in [0.4, 0.5) is 8.78 Å². The minimum Gasteiger partial charge on any atom is -0.435 e. The van der Waals surface area contributed by atoms with Crippen LogP contribution in [0.5, 0.6) is 5.75 Å². The Morgan fingerprint density at radius 3 is 2.76 bits per heavy atom. The lowest BCUT2D eigenvalue weighted by Crippen LogP contribution is -2.32. The summed E-state index contributed by atoms with van der Waals surface area (Å²) in [5.41, 5.74) is 7.59. The van der Waals surface area contributed by atoms with Crippen molar-refractivity contribution in [2.75, 3.05) is 0 Å². The number of ether oxygens (including phenoxy) is 1. The topological polar surface area (TPSA) is 48.1 Å². The zero-order chi connectivity index (χ0) is 14.9. The quantitative estimate of drug-likeness (QED) is 0.923. The molecule has 2 N–H and O–H groups in total. The molecule has 3 rings (SSSR count). The predicted octanol–water partition coefficient (Wildman–Crippen LogP) is 4.14. The Kier molecular flexibility index (Phi) is 3.91. The summed E-state index contributed by atoms with van der Waals surface area (Å²) in [6, 6.07) is 6.59. The highest BCUT2D eigenvalue weighted by Crippen LogP contribution is 2.39. The maximum atomic E-state index is 12.3. The third-order valence-corrected chi connectivity index (χ3v) is 4.84. The number of thiazole rings is 1. The Balaban J connectivity index is 1.86. The number of alkyl halides is 2. The van der Waals surface area contributed by atoms with Crippen LogP contribution in [0.1, 0.15) is 30.7 Å². The molecular formula is C15H16F2N2OS. The SMILES string of the molecule is NC1(c2nc(-c3cccc(OC(F)F)c3)cs2)CCCC1. The summed E-state index contributed by atoms with van der Waals surface area (Å²) in [7, 11) is 0. The van der Waals surface area contributed by atoms with Gasteiger partial charge in [0.05, 0.1) is 11.2 Å². The zero-order valence-corrected chi connectivity index (χ0v) is 12.2. The van der Waals surface area contributed by atoms with Gasteiger partial charge in [-0.25, -0.2) is 4.98 Å². The lowest BCUT2D eigenvalue weighted by molar-refractivity contribution is -0.0498. The third kappa shape index (κ3) is 3.06. The van der Waals surface area contributed by atoms with E-state index in [4.69, 9.17) is 5.73 Å². The first-order chi connectivity index (χ1) is 10.1. The molecule has 1 heterocycles. The van der Waals surface area contributed by atoms with E-state index in [0.717, 1.165) is 41.9 Å². The summed E-state index contributed by atoms with van der Waals surface area (Å²) < 4.78 is 28.9. The van der Waals surface area contributed by atoms with Gasteiger partial charge in [0.2, 0.25) is 0 Å². The van der Waals surface area contributed by atoms with E-state index in [1.807, 2.05) is 11.4 Å². The molecule has 0 amide bonds. The highest BCUT2D eigenvalue weighted by Gasteiger charge is 2.34. The van der Waals surface area contributed by atoms with Crippen LogP contribution in [0.2, 0.25) is 0 Å². The van der Waals surface area contributed by atoms with Crippen LogP contribution in [-0.4, -0.2) is 11.6 Å². The monoisotopic (exact) mass is 310 g/mol. The van der Waals surface area contributed by atoms with Gasteiger partial charge < -0.3 is 10.5 Å². The molecule has 1 saturated carbocycles. The molecule has 0 unspecified atom stereocenters. The molecule has 0 radical (unpaired) electrons. The molecule has 0 saturated heterocycles. The fourth-order valence-corrected chi connectivity index (χ4v) is 3.69. The number of nitrogens with zero attached hydrogens (tertiary/aromatic N) is 1. The van der Waals surface area contributed by atoms with Gasteiger partial charge in [-0.1, -0.05) is 25.0 Å². The molecule has 0 spiro atoms. The van der Waals surface area contributed by atoms with Gasteiger partial charge in [-0.05, 0) is 25.0 Å². The van der Waals surface area contributed by atoms with Crippen molar-refractivity contribution in [2.24, 2.45) is 5.73 Å². The Hall–Kier alpha value is -1.53. The van der Waals surface area contributed by atoms with E-state index < -0.39 is 6.61 Å². The molecule has 0 aliphatic heterocycles. The molecule has 6 heteroatoms. The summed E-state index contributed by atoms with van der Waals surface area (Å²) in [6.45, 7) is -2.82. The van der Waals surface area contributed by atoms with Crippen LogP contribution in [0.3, 0.4) is 0 Å². The summed E-state index contributed by atoms with van der Waals surface area (Å²) in [4.78, 5) is 4.60. The van der Waals surface area contributed by atoms with Crippen LogP contribution in [0.25, 0.3) is 11.3 Å². The van der Waals surface area contributed by atoms with Gasteiger partial charge in [0.1, 0.15) is 10.8 Å². The summed E-state index contributed by atoms with van der Waals surface area (Å²) in [5, 5.41) is 2.85. The van der Waals surface area contributed by atoms with E-state index in [1.165, 1.54) is 17.4 Å². The maximum Gasteiger partial charge on any atom is 0.387 e. The number of aromatic nitrogens is 1. The van der Waals surface area contributed by atoms with Gasteiger partial charge >= 0.3 is 6.61 Å². The van der Waals surface area contributed by atoms with Gasteiger partial charge in [0.15, 0.2) is 0 Å². The van der Waals surface area contributed by atoms with Crippen molar-refractivity contribution >= 4 is 11.3 Å². The first-order valence-corrected chi connectivity index (χ1v) is 7.75. The van der Waals surface area contributed by atoms with Crippen molar-refractivity contribution in [3.05, 3.63) is 34.7 Å². The lowest BCUT2D eigenvalue weighted by atomic mass is 10.0. The highest BCUT2D eigenvalue weighted by atomic mass is 32.1. The van der Waals surface area contributed by atoms with Crippen molar-refractivity contribution < 1.29 is 13.5 Å². The van der Waals surface area contributed by atoms with Crippen molar-refractivity contribution in [1.29, 1.82) is 0 Å². The van der Waals surface area contributed by atoms with Crippen molar-refractivity contribution in [1.82, 2.24) is 4.98 Å². The predicted molar refractivity (Wildman–Crippen MR) is 78.5 cm³/mol. The molecule has 1 aromatic carbocycles. The molecule has 1 aliphatic rings. The van der Waals surface area contributed by atoms with Gasteiger partial charge in [-0.15, -0.1) is 11.3 Å². The molecule has 21 heavy (non-hydrogen) atoms. The number of hydrogen-bond acceptors (Lipinski definition) is 4. The van der Waals surface area contributed by atoms with Gasteiger partial charge in [-0.3, -0.25) is 0 Å². The summed E-state index contributed by atoms with van der Waals surface area (Å²) in [6.07, 6.45) is 4.16. The van der Waals surface area contributed by atoms with E-state index in [2.05, 4.69) is 9.72 Å². The molecular weight excluding hydrogens is 294 g/mol. The van der Waals surface area contributed by atoms with Gasteiger partial charge in [0.25, 0.3) is 0 Å². The molecule has 1 fully saturated rings. The van der Waals surface area contributed by atoms with Crippen LogP contribution in [-0.2, 0) is 5.54 Å². The highest BCUT2D eigenvalue weighted by molar-refractivity contribution is 7.10. The fraction of sp³-hybridized carbons (Fsp3) is 0.400. The van der Waals surface area contributed by atoms with E-state index in [1.54, 1.807) is 12.1 Å². The second kappa shape index (κ2) is 5.69. The van der Waals surface area contributed by atoms with Crippen LogP contribution < -0.4 is 10.5 Å². The second-order valence-corrected chi connectivity index (χ2v) is 6.17. The first-order valence-electron chi connectivity index (χ1n) is 6.87. The smallest absolute Gasteiger partial charge is 0.387 e. The van der Waals surface area contributed by atoms with Gasteiger partial charge in [0, 0.05) is 10.9 Å². The summed E-state index contributed by atoms with van der Waals surface area (Å²) >= 11 is 1.54. The minimum atomic E-state index is -2.82. The van der Waals surface area contributed by atoms with E-state index >= 15 is 0 Å². The van der Waals surface area contributed by atoms with Gasteiger partial charge in [-0.2, -0.15) is 8.78 Å². The molecule has 0 bridgehead atoms. The van der Waals surface area contributed by atoms with Crippen molar-refractivity contribution in [3.63, 3.8) is 0 Å². The lowest BCUT2D eigenvalue weighted by Gasteiger charge is -2.19. The third-order valence-electron chi connectivity index (χ3n) is 3.78. The molecule has 2 aromatic rings. The standard InChI is InChI=1S/C15H16F2N2OS/c16-14(17)20-11-5-3-4-10(8-11)12-9-21-13(19-12)15(18)6-1-2-7-15/h3-5,8-9,14H,1-2,6-7,18H2. The van der Waals surface area contributed by atoms with E-state index in [0.29, 0.717) is 0 Å². The number of rotatable bonds is 4. The number of benzene rings is 1. The molecule has 0 atom stereocenters. The van der Waals surface area contributed by atoms with E-state index in [-0.39, 0.29) is 11.3 Å². The van der Waals surface area contributed by atoms with Crippen molar-refractivity contribution in [3.8, 4) is 17.0 Å². The first kappa shape index (κ1) is 14.4. The Bertz CT molecular complexity index is 624. The molecule has 1 aromatic heterocycles. The second-order valence-electron chi connectivity index (χ2n) is 5.31. The maximum absolute atomic E-state index is 12.3. The Morgan fingerprint density at radius 1 is 1.29 bits per heavy atom. The minimum absolute atomic E-state index is 0.139. The van der Waals surface area contributed by atoms with E-state index in [9.17, 15) is 8.78 Å². The Labute approximate surface area is 125 Å². The molecule has 112 valence electrons. The number of halogens is 2. The normalized spacial score (nSPS) is 17.3. The number of hydrogen-bond donors (Lipinski definition) is 1.